The number of fused-ring (bicyclic) bond motifs is 2. The molecule has 0 aliphatic heterocycles. The van der Waals surface area contributed by atoms with E-state index in [4.69, 9.17) is 5.73 Å². The Hall–Kier alpha value is -3.22. The molecule has 1 amide bonds. The second kappa shape index (κ2) is 4.14. The van der Waals surface area contributed by atoms with Gasteiger partial charge >= 0.3 is 0 Å². The van der Waals surface area contributed by atoms with Crippen LogP contribution in [0.2, 0.25) is 0 Å². The molecule has 4 rings (SSSR count). The van der Waals surface area contributed by atoms with E-state index in [0.29, 0.717) is 11.3 Å². The van der Waals surface area contributed by atoms with Gasteiger partial charge in [0.15, 0.2) is 0 Å². The first-order chi connectivity index (χ1) is 10.2. The predicted molar refractivity (Wildman–Crippen MR) is 76.6 cm³/mol. The van der Waals surface area contributed by atoms with Gasteiger partial charge in [-0.2, -0.15) is 14.8 Å². The number of hydrogen-bond acceptors (Lipinski definition) is 4. The fraction of sp³-hybridized carbons (Fsp3) is 0. The highest BCUT2D eigenvalue weighted by Crippen LogP contribution is 2.30. The number of rotatable bonds is 2. The number of carbonyl (C=O) groups is 1. The number of nitrogens with one attached hydrogen (secondary N) is 1. The van der Waals surface area contributed by atoms with Crippen molar-refractivity contribution in [3.63, 3.8) is 0 Å². The van der Waals surface area contributed by atoms with Gasteiger partial charge in [-0.25, -0.2) is 4.98 Å². The van der Waals surface area contributed by atoms with Gasteiger partial charge in [0, 0.05) is 23.3 Å². The Morgan fingerprint density at radius 1 is 1.19 bits per heavy atom. The van der Waals surface area contributed by atoms with Crippen LogP contribution >= 0.6 is 0 Å². The largest absolute Gasteiger partial charge is 0.364 e. The number of aromatic amines is 1. The molecule has 0 spiro atoms. The number of aromatic nitrogens is 5. The van der Waals surface area contributed by atoms with Crippen LogP contribution in [-0.4, -0.2) is 30.7 Å². The van der Waals surface area contributed by atoms with Crippen LogP contribution in [0.15, 0.2) is 42.9 Å². The number of nitrogens with zero attached hydrogens (tertiary/aromatic N) is 4. The SMILES string of the molecule is NC(=O)c1cc2c(-c3cnn4ncccc34)ccnc2[nH]1. The zero-order chi connectivity index (χ0) is 14.4. The second-order valence-electron chi connectivity index (χ2n) is 4.62. The van der Waals surface area contributed by atoms with Gasteiger partial charge in [0.2, 0.25) is 0 Å². The number of primary amides is 1. The summed E-state index contributed by atoms with van der Waals surface area (Å²) in [5.74, 6) is -0.513. The van der Waals surface area contributed by atoms with Gasteiger partial charge in [-0.05, 0) is 29.8 Å². The van der Waals surface area contributed by atoms with Crippen molar-refractivity contribution in [2.45, 2.75) is 0 Å². The highest BCUT2D eigenvalue weighted by atomic mass is 16.1. The Morgan fingerprint density at radius 3 is 2.95 bits per heavy atom. The van der Waals surface area contributed by atoms with Crippen LogP contribution in [-0.2, 0) is 0 Å². The molecule has 3 N–H and O–H groups in total. The molecule has 0 unspecified atom stereocenters. The van der Waals surface area contributed by atoms with E-state index >= 15 is 0 Å². The van der Waals surface area contributed by atoms with Crippen LogP contribution < -0.4 is 5.73 Å². The Labute approximate surface area is 118 Å². The molecule has 0 aromatic carbocycles. The highest BCUT2D eigenvalue weighted by molar-refractivity contribution is 6.02. The monoisotopic (exact) mass is 278 g/mol. The van der Waals surface area contributed by atoms with E-state index in [9.17, 15) is 4.79 Å². The summed E-state index contributed by atoms with van der Waals surface area (Å²) >= 11 is 0. The maximum Gasteiger partial charge on any atom is 0.265 e. The topological polar surface area (TPSA) is 102 Å². The molecule has 0 saturated carbocycles. The fourth-order valence-electron chi connectivity index (χ4n) is 2.43. The quantitative estimate of drug-likeness (QED) is 0.578. The van der Waals surface area contributed by atoms with Crippen molar-refractivity contribution in [2.24, 2.45) is 5.73 Å². The van der Waals surface area contributed by atoms with Crippen molar-refractivity contribution >= 4 is 22.5 Å². The molecule has 0 aliphatic carbocycles. The van der Waals surface area contributed by atoms with Crippen molar-refractivity contribution in [3.8, 4) is 11.1 Å². The zero-order valence-electron chi connectivity index (χ0n) is 10.8. The number of pyridine rings is 1. The number of hydrogen-bond donors (Lipinski definition) is 2. The van der Waals surface area contributed by atoms with E-state index in [1.807, 2.05) is 18.2 Å². The minimum absolute atomic E-state index is 0.333. The lowest BCUT2D eigenvalue weighted by molar-refractivity contribution is 0.0996. The highest BCUT2D eigenvalue weighted by Gasteiger charge is 2.14. The van der Waals surface area contributed by atoms with E-state index in [0.717, 1.165) is 22.0 Å². The van der Waals surface area contributed by atoms with Crippen LogP contribution in [0, 0.1) is 0 Å². The van der Waals surface area contributed by atoms with E-state index in [-0.39, 0.29) is 0 Å². The van der Waals surface area contributed by atoms with Crippen LogP contribution in [0.5, 0.6) is 0 Å². The van der Waals surface area contributed by atoms with Crippen molar-refractivity contribution in [1.29, 1.82) is 0 Å². The maximum absolute atomic E-state index is 11.3. The first-order valence-corrected chi connectivity index (χ1v) is 6.31. The van der Waals surface area contributed by atoms with Crippen LogP contribution in [0.25, 0.3) is 27.7 Å². The van der Waals surface area contributed by atoms with E-state index < -0.39 is 5.91 Å². The fourth-order valence-corrected chi connectivity index (χ4v) is 2.43. The molecule has 102 valence electrons. The van der Waals surface area contributed by atoms with E-state index in [1.165, 1.54) is 0 Å². The number of nitrogens with two attached hydrogens (primary N) is 1. The zero-order valence-corrected chi connectivity index (χ0v) is 10.8. The van der Waals surface area contributed by atoms with Crippen molar-refractivity contribution < 1.29 is 4.79 Å². The third-order valence-corrected chi connectivity index (χ3v) is 3.39. The lowest BCUT2D eigenvalue weighted by atomic mass is 10.1. The molecule has 21 heavy (non-hydrogen) atoms. The molecule has 0 radical (unpaired) electrons. The molecule has 0 atom stereocenters. The van der Waals surface area contributed by atoms with Gasteiger partial charge in [-0.15, -0.1) is 0 Å². The van der Waals surface area contributed by atoms with Crippen LogP contribution in [0.3, 0.4) is 0 Å². The molecule has 0 bridgehead atoms. The van der Waals surface area contributed by atoms with E-state index in [1.54, 1.807) is 29.3 Å². The maximum atomic E-state index is 11.3. The van der Waals surface area contributed by atoms with Gasteiger partial charge < -0.3 is 10.7 Å². The van der Waals surface area contributed by atoms with Gasteiger partial charge in [0.05, 0.1) is 11.7 Å². The average Bonchev–Trinajstić information content (AvgIpc) is 3.11. The molecule has 4 aromatic heterocycles. The number of amides is 1. The van der Waals surface area contributed by atoms with Crippen LogP contribution in [0.1, 0.15) is 10.5 Å². The van der Waals surface area contributed by atoms with Crippen molar-refractivity contribution in [3.05, 3.63) is 48.5 Å². The summed E-state index contributed by atoms with van der Waals surface area (Å²) in [5, 5.41) is 9.20. The Bertz CT molecular complexity index is 983. The molecule has 0 aliphatic rings. The molecule has 4 heterocycles. The second-order valence-corrected chi connectivity index (χ2v) is 4.62. The molecule has 7 heteroatoms. The lowest BCUT2D eigenvalue weighted by Crippen LogP contribution is -2.10. The Morgan fingerprint density at radius 2 is 2.10 bits per heavy atom. The summed E-state index contributed by atoms with van der Waals surface area (Å²) < 4.78 is 1.56. The van der Waals surface area contributed by atoms with Gasteiger partial charge in [0.1, 0.15) is 11.3 Å². The predicted octanol–water partition coefficient (Wildman–Crippen LogP) is 1.37. The smallest absolute Gasteiger partial charge is 0.265 e. The third-order valence-electron chi connectivity index (χ3n) is 3.39. The summed E-state index contributed by atoms with van der Waals surface area (Å²) in [4.78, 5) is 18.5. The standard InChI is InChI=1S/C14H10N6O/c15-13(21)11-6-9-8(3-5-16-14(9)19-11)10-7-18-20-12(10)2-1-4-17-20/h1-7H,(H2,15,21)(H,16,19). The first-order valence-electron chi connectivity index (χ1n) is 6.31. The van der Waals surface area contributed by atoms with Crippen molar-refractivity contribution in [1.82, 2.24) is 24.8 Å². The molecule has 0 fully saturated rings. The normalized spacial score (nSPS) is 11.2. The molecule has 7 nitrogen and oxygen atoms in total. The minimum atomic E-state index is -0.513. The molecule has 4 aromatic rings. The Balaban J connectivity index is 2.04. The summed E-state index contributed by atoms with van der Waals surface area (Å²) in [6.45, 7) is 0. The van der Waals surface area contributed by atoms with Crippen LogP contribution in [0.4, 0.5) is 0 Å². The minimum Gasteiger partial charge on any atom is -0.364 e. The third kappa shape index (κ3) is 1.68. The summed E-state index contributed by atoms with van der Waals surface area (Å²) in [7, 11) is 0. The van der Waals surface area contributed by atoms with Gasteiger partial charge in [-0.3, -0.25) is 4.79 Å². The number of carbonyl (C=O) groups excluding carboxylic acids is 1. The number of H-pyrrole nitrogens is 1. The molecule has 0 saturated heterocycles. The Kier molecular flexibility index (Phi) is 2.28. The molecular weight excluding hydrogens is 268 g/mol. The van der Waals surface area contributed by atoms with Crippen molar-refractivity contribution in [2.75, 3.05) is 0 Å². The summed E-state index contributed by atoms with van der Waals surface area (Å²) in [6.07, 6.45) is 5.10. The van der Waals surface area contributed by atoms with Gasteiger partial charge in [-0.1, -0.05) is 0 Å². The van der Waals surface area contributed by atoms with Gasteiger partial charge in [0.25, 0.3) is 5.91 Å². The molecular formula is C14H10N6O. The summed E-state index contributed by atoms with van der Waals surface area (Å²) in [6, 6.07) is 7.37. The lowest BCUT2D eigenvalue weighted by Gasteiger charge is -2.00. The average molecular weight is 278 g/mol. The summed E-state index contributed by atoms with van der Waals surface area (Å²) in [5.41, 5.74) is 8.99. The first kappa shape index (κ1) is 11.6. The van der Waals surface area contributed by atoms with E-state index in [2.05, 4.69) is 20.2 Å².